The van der Waals surface area contributed by atoms with Crippen molar-refractivity contribution in [3.63, 3.8) is 0 Å². The quantitative estimate of drug-likeness (QED) is 0.887. The first-order chi connectivity index (χ1) is 10.5. The van der Waals surface area contributed by atoms with Crippen LogP contribution < -0.4 is 5.32 Å². The van der Waals surface area contributed by atoms with E-state index in [0.29, 0.717) is 19.6 Å². The molecule has 1 amide bonds. The Labute approximate surface area is 130 Å². The van der Waals surface area contributed by atoms with Crippen LogP contribution in [-0.4, -0.2) is 41.1 Å². The summed E-state index contributed by atoms with van der Waals surface area (Å²) in [5, 5.41) is 9.82. The molecule has 2 fully saturated rings. The third-order valence-electron chi connectivity index (χ3n) is 4.58. The number of rotatable bonds is 4. The number of carbonyl (C=O) groups excluding carboxylic acids is 1. The Morgan fingerprint density at radius 2 is 2.27 bits per heavy atom. The summed E-state index contributed by atoms with van der Waals surface area (Å²) in [6.07, 6.45) is 4.48. The van der Waals surface area contributed by atoms with Gasteiger partial charge in [-0.3, -0.25) is 9.89 Å². The molecular weight excluding hydrogens is 282 g/mol. The van der Waals surface area contributed by atoms with Crippen LogP contribution in [0.3, 0.4) is 0 Å². The lowest BCUT2D eigenvalue weighted by atomic mass is 9.86. The highest BCUT2D eigenvalue weighted by Gasteiger charge is 2.43. The van der Waals surface area contributed by atoms with E-state index in [-0.39, 0.29) is 17.8 Å². The Morgan fingerprint density at radius 1 is 1.50 bits per heavy atom. The molecule has 22 heavy (non-hydrogen) atoms. The number of hydrogen-bond acceptors (Lipinski definition) is 4. The molecule has 2 heterocycles. The predicted octanol–water partition coefficient (Wildman–Crippen LogP) is 1.70. The lowest BCUT2D eigenvalue weighted by molar-refractivity contribution is -0.191. The average molecular weight is 307 g/mol. The van der Waals surface area contributed by atoms with Crippen LogP contribution in [-0.2, 0) is 20.7 Å². The van der Waals surface area contributed by atoms with Crippen LogP contribution in [0.25, 0.3) is 0 Å². The smallest absolute Gasteiger partial charge is 0.226 e. The molecule has 6 heteroatoms. The first-order valence-corrected chi connectivity index (χ1v) is 8.14. The molecular formula is C16H25N3O3. The van der Waals surface area contributed by atoms with Gasteiger partial charge >= 0.3 is 0 Å². The van der Waals surface area contributed by atoms with E-state index in [9.17, 15) is 4.79 Å². The minimum Gasteiger partial charge on any atom is -0.353 e. The summed E-state index contributed by atoms with van der Waals surface area (Å²) < 4.78 is 12.0. The van der Waals surface area contributed by atoms with Gasteiger partial charge in [0.2, 0.25) is 5.91 Å². The first kappa shape index (κ1) is 15.5. The summed E-state index contributed by atoms with van der Waals surface area (Å²) in [5.74, 6) is 0.337. The molecule has 0 aromatic carbocycles. The van der Waals surface area contributed by atoms with Crippen molar-refractivity contribution in [2.24, 2.45) is 5.92 Å². The minimum atomic E-state index is -0.388. The largest absolute Gasteiger partial charge is 0.353 e. The SMILES string of the molecule is Cc1cc(CC(=O)NC[C@@H]2COC3(CCC(C)CC3)O2)n[nH]1. The molecule has 1 saturated carbocycles. The fraction of sp³-hybridized carbons (Fsp3) is 0.750. The van der Waals surface area contributed by atoms with Crippen LogP contribution in [0.15, 0.2) is 6.07 Å². The maximum Gasteiger partial charge on any atom is 0.226 e. The van der Waals surface area contributed by atoms with E-state index in [1.165, 1.54) is 0 Å². The van der Waals surface area contributed by atoms with E-state index in [0.717, 1.165) is 43.0 Å². The number of amides is 1. The van der Waals surface area contributed by atoms with Gasteiger partial charge < -0.3 is 14.8 Å². The van der Waals surface area contributed by atoms with E-state index in [1.54, 1.807) is 0 Å². The van der Waals surface area contributed by atoms with Gasteiger partial charge in [-0.1, -0.05) is 6.92 Å². The predicted molar refractivity (Wildman–Crippen MR) is 81.2 cm³/mol. The maximum absolute atomic E-state index is 11.9. The molecule has 1 aromatic rings. The molecule has 0 bridgehead atoms. The monoisotopic (exact) mass is 307 g/mol. The van der Waals surface area contributed by atoms with Crippen LogP contribution in [0.4, 0.5) is 0 Å². The third kappa shape index (κ3) is 3.67. The van der Waals surface area contributed by atoms with Crippen molar-refractivity contribution in [3.05, 3.63) is 17.5 Å². The molecule has 1 saturated heterocycles. The van der Waals surface area contributed by atoms with Crippen LogP contribution in [0.2, 0.25) is 0 Å². The van der Waals surface area contributed by atoms with Gasteiger partial charge in [0.25, 0.3) is 0 Å². The Bertz CT molecular complexity index is 520. The zero-order valence-electron chi connectivity index (χ0n) is 13.4. The van der Waals surface area contributed by atoms with Crippen molar-refractivity contribution < 1.29 is 14.3 Å². The number of H-pyrrole nitrogens is 1. The van der Waals surface area contributed by atoms with Gasteiger partial charge in [0.05, 0.1) is 18.7 Å². The zero-order valence-corrected chi connectivity index (χ0v) is 13.4. The molecule has 3 rings (SSSR count). The molecule has 0 radical (unpaired) electrons. The van der Waals surface area contributed by atoms with E-state index in [1.807, 2.05) is 13.0 Å². The van der Waals surface area contributed by atoms with Gasteiger partial charge in [-0.15, -0.1) is 0 Å². The number of carbonyl (C=O) groups is 1. The van der Waals surface area contributed by atoms with Gasteiger partial charge in [0.1, 0.15) is 6.10 Å². The molecule has 0 unspecified atom stereocenters. The molecule has 1 atom stereocenters. The summed E-state index contributed by atoms with van der Waals surface area (Å²) in [6, 6.07) is 1.88. The Kier molecular flexibility index (Phi) is 4.49. The lowest BCUT2D eigenvalue weighted by Crippen LogP contribution is -2.38. The Balaban J connectivity index is 1.42. The number of nitrogens with one attached hydrogen (secondary N) is 2. The van der Waals surface area contributed by atoms with Crippen LogP contribution >= 0.6 is 0 Å². The number of aromatic nitrogens is 2. The molecule has 2 N–H and O–H groups in total. The number of nitrogens with zero attached hydrogens (tertiary/aromatic N) is 1. The van der Waals surface area contributed by atoms with Gasteiger partial charge in [-0.05, 0) is 31.7 Å². The fourth-order valence-electron chi connectivity index (χ4n) is 3.20. The van der Waals surface area contributed by atoms with Crippen molar-refractivity contribution in [3.8, 4) is 0 Å². The second kappa shape index (κ2) is 6.38. The summed E-state index contributed by atoms with van der Waals surface area (Å²) in [5.41, 5.74) is 1.72. The zero-order chi connectivity index (χ0) is 15.6. The van der Waals surface area contributed by atoms with E-state index in [4.69, 9.17) is 9.47 Å². The number of aryl methyl sites for hydroxylation is 1. The normalized spacial score (nSPS) is 31.5. The van der Waals surface area contributed by atoms with Crippen LogP contribution in [0, 0.1) is 12.8 Å². The van der Waals surface area contributed by atoms with E-state index in [2.05, 4.69) is 22.4 Å². The molecule has 6 nitrogen and oxygen atoms in total. The van der Waals surface area contributed by atoms with Crippen molar-refractivity contribution in [2.75, 3.05) is 13.2 Å². The summed E-state index contributed by atoms with van der Waals surface area (Å²) in [7, 11) is 0. The van der Waals surface area contributed by atoms with E-state index < -0.39 is 0 Å². The van der Waals surface area contributed by atoms with Crippen LogP contribution in [0.5, 0.6) is 0 Å². The van der Waals surface area contributed by atoms with E-state index >= 15 is 0 Å². The second-order valence-corrected chi connectivity index (χ2v) is 6.67. The average Bonchev–Trinajstić information content (AvgIpc) is 3.08. The van der Waals surface area contributed by atoms with Crippen molar-refractivity contribution in [1.29, 1.82) is 0 Å². The van der Waals surface area contributed by atoms with Crippen molar-refractivity contribution in [1.82, 2.24) is 15.5 Å². The third-order valence-corrected chi connectivity index (χ3v) is 4.58. The van der Waals surface area contributed by atoms with Gasteiger partial charge in [-0.25, -0.2) is 0 Å². The molecule has 1 aliphatic heterocycles. The summed E-state index contributed by atoms with van der Waals surface area (Å²) >= 11 is 0. The van der Waals surface area contributed by atoms with Gasteiger partial charge in [-0.2, -0.15) is 5.10 Å². The van der Waals surface area contributed by atoms with Crippen molar-refractivity contribution in [2.45, 2.75) is 57.8 Å². The number of ether oxygens (including phenoxy) is 2. The number of hydrogen-bond donors (Lipinski definition) is 2. The second-order valence-electron chi connectivity index (χ2n) is 6.67. The number of aromatic amines is 1. The summed E-state index contributed by atoms with van der Waals surface area (Å²) in [4.78, 5) is 11.9. The molecule has 1 spiro atoms. The maximum atomic E-state index is 11.9. The topological polar surface area (TPSA) is 76.2 Å². The van der Waals surface area contributed by atoms with Crippen molar-refractivity contribution >= 4 is 5.91 Å². The van der Waals surface area contributed by atoms with Gasteiger partial charge in [0, 0.05) is 25.1 Å². The summed E-state index contributed by atoms with van der Waals surface area (Å²) in [6.45, 7) is 5.26. The van der Waals surface area contributed by atoms with Gasteiger partial charge in [0.15, 0.2) is 5.79 Å². The molecule has 2 aliphatic rings. The van der Waals surface area contributed by atoms with Crippen LogP contribution in [0.1, 0.15) is 44.0 Å². The Morgan fingerprint density at radius 3 is 2.95 bits per heavy atom. The lowest BCUT2D eigenvalue weighted by Gasteiger charge is -2.34. The first-order valence-electron chi connectivity index (χ1n) is 8.14. The highest BCUT2D eigenvalue weighted by atomic mass is 16.7. The highest BCUT2D eigenvalue weighted by Crippen LogP contribution is 2.39. The molecule has 1 aliphatic carbocycles. The minimum absolute atomic E-state index is 0.0340. The Hall–Kier alpha value is -1.40. The molecule has 1 aromatic heterocycles. The fourth-order valence-corrected chi connectivity index (χ4v) is 3.20. The molecule has 122 valence electrons. The highest BCUT2D eigenvalue weighted by molar-refractivity contribution is 5.78. The standard InChI is InChI=1S/C16H25N3O3/c1-11-3-5-16(6-4-11)21-10-14(22-16)9-17-15(20)8-13-7-12(2)18-19-13/h7,11,14H,3-6,8-10H2,1-2H3,(H,17,20)(H,18,19)/t11?,14-,16?/m1/s1.